The van der Waals surface area contributed by atoms with Crippen molar-refractivity contribution in [2.75, 3.05) is 6.54 Å². The maximum absolute atomic E-state index is 12.4. The van der Waals surface area contributed by atoms with Gasteiger partial charge in [-0.05, 0) is 36.9 Å². The molecule has 7 nitrogen and oxygen atoms in total. The second-order valence-corrected chi connectivity index (χ2v) is 11.1. The molecule has 0 aliphatic carbocycles. The molecule has 0 saturated heterocycles. The number of thiophene rings is 1. The summed E-state index contributed by atoms with van der Waals surface area (Å²) in [5.41, 5.74) is 2.93. The van der Waals surface area contributed by atoms with E-state index in [1.165, 1.54) is 22.1 Å². The van der Waals surface area contributed by atoms with Crippen molar-refractivity contribution in [1.82, 2.24) is 19.5 Å². The lowest BCUT2D eigenvalue weighted by Crippen LogP contribution is -2.32. The van der Waals surface area contributed by atoms with Crippen LogP contribution in [-0.4, -0.2) is 29.7 Å². The van der Waals surface area contributed by atoms with Crippen LogP contribution in [0.25, 0.3) is 20.5 Å². The summed E-state index contributed by atoms with van der Waals surface area (Å²) in [5, 5.41) is 7.37. The zero-order chi connectivity index (χ0) is 22.7. The third-order valence-corrected chi connectivity index (χ3v) is 8.29. The van der Waals surface area contributed by atoms with Crippen molar-refractivity contribution < 1.29 is 8.42 Å². The minimum atomic E-state index is -3.53. The molecule has 0 aliphatic rings. The second kappa shape index (κ2) is 9.45. The van der Waals surface area contributed by atoms with Gasteiger partial charge in [-0.15, -0.1) is 22.7 Å². The second-order valence-electron chi connectivity index (χ2n) is 7.33. The van der Waals surface area contributed by atoms with Gasteiger partial charge >= 0.3 is 0 Å². The lowest BCUT2D eigenvalue weighted by atomic mass is 10.2. The highest BCUT2D eigenvalue weighted by molar-refractivity contribution is 7.88. The van der Waals surface area contributed by atoms with Crippen LogP contribution < -0.4 is 10.3 Å². The standard InChI is InChI=1S/C22H22N4O3S3/c1-15-5-3-6-17(13-15)14-32(28,29)23-10-11-26-20(27)9-8-18(25-26)21-16(2)24-22(31-21)19-7-4-12-30-19/h3-9,12-13,23H,10-11,14H2,1-2H3. The largest absolute Gasteiger partial charge is 0.268 e. The Labute approximate surface area is 194 Å². The highest BCUT2D eigenvalue weighted by Crippen LogP contribution is 2.35. The number of benzene rings is 1. The Bertz CT molecular complexity index is 1390. The molecular weight excluding hydrogens is 464 g/mol. The van der Waals surface area contributed by atoms with E-state index in [1.54, 1.807) is 23.5 Å². The molecule has 0 spiro atoms. The first-order valence-corrected chi connectivity index (χ1v) is 13.3. The molecule has 1 N–H and O–H groups in total. The number of hydrogen-bond donors (Lipinski definition) is 1. The Kier molecular flexibility index (Phi) is 6.66. The van der Waals surface area contributed by atoms with E-state index in [2.05, 4.69) is 14.8 Å². The quantitative estimate of drug-likeness (QED) is 0.408. The average Bonchev–Trinajstić information content (AvgIpc) is 3.39. The summed E-state index contributed by atoms with van der Waals surface area (Å²) in [5.74, 6) is -0.109. The lowest BCUT2D eigenvalue weighted by molar-refractivity contribution is 0.548. The molecule has 0 aliphatic heterocycles. The Morgan fingerprint density at radius 3 is 2.69 bits per heavy atom. The third-order valence-electron chi connectivity index (χ3n) is 4.71. The summed E-state index contributed by atoms with van der Waals surface area (Å²) in [6.07, 6.45) is 0. The Morgan fingerprint density at radius 2 is 1.94 bits per heavy atom. The SMILES string of the molecule is Cc1cccc(CS(=O)(=O)NCCn2nc(-c3sc(-c4cccs4)nc3C)ccc2=O)c1. The van der Waals surface area contributed by atoms with Gasteiger partial charge in [-0.25, -0.2) is 22.8 Å². The smallest absolute Gasteiger partial charge is 0.266 e. The van der Waals surface area contributed by atoms with E-state index in [9.17, 15) is 13.2 Å². The molecule has 1 aromatic carbocycles. The number of rotatable bonds is 8. The van der Waals surface area contributed by atoms with Crippen LogP contribution in [0.2, 0.25) is 0 Å². The monoisotopic (exact) mass is 486 g/mol. The average molecular weight is 487 g/mol. The van der Waals surface area contributed by atoms with Crippen molar-refractivity contribution in [2.45, 2.75) is 26.1 Å². The number of hydrogen-bond acceptors (Lipinski definition) is 7. The summed E-state index contributed by atoms with van der Waals surface area (Å²) < 4.78 is 28.7. The zero-order valence-corrected chi connectivity index (χ0v) is 20.1. The van der Waals surface area contributed by atoms with Gasteiger partial charge in [0, 0.05) is 12.6 Å². The first-order valence-electron chi connectivity index (χ1n) is 9.93. The van der Waals surface area contributed by atoms with Gasteiger partial charge in [-0.2, -0.15) is 5.10 Å². The predicted molar refractivity (Wildman–Crippen MR) is 129 cm³/mol. The number of nitrogens with one attached hydrogen (secondary N) is 1. The highest BCUT2D eigenvalue weighted by atomic mass is 32.2. The van der Waals surface area contributed by atoms with Crippen LogP contribution in [0.3, 0.4) is 0 Å². The number of nitrogens with zero attached hydrogens (tertiary/aromatic N) is 3. The molecule has 4 aromatic rings. The molecule has 0 fully saturated rings. The molecule has 0 unspecified atom stereocenters. The molecule has 0 atom stereocenters. The number of aryl methyl sites for hydroxylation is 2. The number of thiazole rings is 1. The molecule has 0 bridgehead atoms. The normalized spacial score (nSPS) is 11.7. The summed E-state index contributed by atoms with van der Waals surface area (Å²) >= 11 is 3.15. The van der Waals surface area contributed by atoms with Crippen molar-refractivity contribution in [3.8, 4) is 20.5 Å². The van der Waals surface area contributed by atoms with Crippen LogP contribution in [0.1, 0.15) is 16.8 Å². The first kappa shape index (κ1) is 22.5. The van der Waals surface area contributed by atoms with E-state index in [0.717, 1.165) is 31.6 Å². The number of aromatic nitrogens is 3. The van der Waals surface area contributed by atoms with Gasteiger partial charge in [-0.3, -0.25) is 4.79 Å². The van der Waals surface area contributed by atoms with E-state index in [1.807, 2.05) is 49.6 Å². The zero-order valence-electron chi connectivity index (χ0n) is 17.6. The third kappa shape index (κ3) is 5.39. The van der Waals surface area contributed by atoms with Gasteiger partial charge in [0.15, 0.2) is 0 Å². The molecule has 3 heterocycles. The van der Waals surface area contributed by atoms with Crippen LogP contribution in [0.15, 0.2) is 58.7 Å². The summed E-state index contributed by atoms with van der Waals surface area (Å²) in [6, 6.07) is 14.5. The van der Waals surface area contributed by atoms with E-state index < -0.39 is 10.0 Å². The van der Waals surface area contributed by atoms with E-state index in [4.69, 9.17) is 0 Å². The minimum Gasteiger partial charge on any atom is -0.268 e. The van der Waals surface area contributed by atoms with Crippen LogP contribution in [0.5, 0.6) is 0 Å². The summed E-state index contributed by atoms with van der Waals surface area (Å²) in [4.78, 5) is 18.9. The van der Waals surface area contributed by atoms with Crippen molar-refractivity contribution in [1.29, 1.82) is 0 Å². The van der Waals surface area contributed by atoms with Gasteiger partial charge in [0.05, 0.1) is 27.7 Å². The maximum Gasteiger partial charge on any atom is 0.266 e. The number of sulfonamides is 1. The molecule has 0 radical (unpaired) electrons. The Morgan fingerprint density at radius 1 is 1.09 bits per heavy atom. The summed E-state index contributed by atoms with van der Waals surface area (Å²) in [6.45, 7) is 4.05. The first-order chi connectivity index (χ1) is 15.3. The van der Waals surface area contributed by atoms with Crippen molar-refractivity contribution in [2.24, 2.45) is 0 Å². The van der Waals surface area contributed by atoms with Crippen molar-refractivity contribution >= 4 is 32.7 Å². The molecule has 0 saturated carbocycles. The fourth-order valence-electron chi connectivity index (χ4n) is 3.25. The molecule has 4 rings (SSSR count). The summed E-state index contributed by atoms with van der Waals surface area (Å²) in [7, 11) is -3.53. The van der Waals surface area contributed by atoms with Crippen LogP contribution in [-0.2, 0) is 22.3 Å². The molecule has 3 aromatic heterocycles. The van der Waals surface area contributed by atoms with E-state index >= 15 is 0 Å². The van der Waals surface area contributed by atoms with E-state index in [-0.39, 0.29) is 24.4 Å². The van der Waals surface area contributed by atoms with Gasteiger partial charge in [0.25, 0.3) is 5.56 Å². The lowest BCUT2D eigenvalue weighted by Gasteiger charge is -2.09. The Balaban J connectivity index is 1.46. The topological polar surface area (TPSA) is 93.9 Å². The van der Waals surface area contributed by atoms with Crippen LogP contribution >= 0.6 is 22.7 Å². The fraction of sp³-hybridized carbons (Fsp3) is 0.227. The van der Waals surface area contributed by atoms with Crippen LogP contribution in [0, 0.1) is 13.8 Å². The van der Waals surface area contributed by atoms with Crippen molar-refractivity contribution in [3.05, 3.63) is 81.1 Å². The van der Waals surface area contributed by atoms with Crippen LogP contribution in [0.4, 0.5) is 0 Å². The van der Waals surface area contributed by atoms with Gasteiger partial charge in [-0.1, -0.05) is 35.9 Å². The maximum atomic E-state index is 12.4. The van der Waals surface area contributed by atoms with Gasteiger partial charge < -0.3 is 0 Å². The fourth-order valence-corrected chi connectivity index (χ4v) is 6.20. The van der Waals surface area contributed by atoms with E-state index in [0.29, 0.717) is 5.69 Å². The Hall–Kier alpha value is -2.66. The van der Waals surface area contributed by atoms with Gasteiger partial charge in [0.2, 0.25) is 10.0 Å². The van der Waals surface area contributed by atoms with Gasteiger partial charge in [0.1, 0.15) is 10.7 Å². The molecule has 10 heteroatoms. The molecule has 166 valence electrons. The highest BCUT2D eigenvalue weighted by Gasteiger charge is 2.15. The predicted octanol–water partition coefficient (Wildman–Crippen LogP) is 3.83. The molecule has 32 heavy (non-hydrogen) atoms. The molecule has 0 amide bonds. The van der Waals surface area contributed by atoms with Crippen molar-refractivity contribution in [3.63, 3.8) is 0 Å². The molecular formula is C22H22N4O3S3. The minimum absolute atomic E-state index is 0.0760.